The summed E-state index contributed by atoms with van der Waals surface area (Å²) < 4.78 is 0. The Hall–Kier alpha value is -3.51. The molecule has 0 aromatic heterocycles. The van der Waals surface area contributed by atoms with Crippen LogP contribution < -0.4 is 16.0 Å². The molecule has 0 bridgehead atoms. The van der Waals surface area contributed by atoms with Crippen molar-refractivity contribution in [1.29, 1.82) is 0 Å². The van der Waals surface area contributed by atoms with Crippen molar-refractivity contribution in [2.24, 2.45) is 0 Å². The fourth-order valence-corrected chi connectivity index (χ4v) is 2.97. The highest BCUT2D eigenvalue weighted by atomic mass is 32.1. The molecule has 2 amide bonds. The van der Waals surface area contributed by atoms with Crippen molar-refractivity contribution in [3.05, 3.63) is 78.4 Å². The Bertz CT molecular complexity index is 1070. The third-order valence-corrected chi connectivity index (χ3v) is 4.12. The third kappa shape index (κ3) is 5.25. The van der Waals surface area contributed by atoms with Crippen LogP contribution in [0.1, 0.15) is 12.5 Å². The third-order valence-electron chi connectivity index (χ3n) is 3.92. The van der Waals surface area contributed by atoms with E-state index in [9.17, 15) is 9.59 Å². The molecule has 0 saturated heterocycles. The topological polar surface area (TPSA) is 70.2 Å². The summed E-state index contributed by atoms with van der Waals surface area (Å²) in [6, 6.07) is 21.0. The number of thiocarbonyl (C=S) groups is 1. The van der Waals surface area contributed by atoms with Crippen molar-refractivity contribution in [2.75, 3.05) is 10.6 Å². The number of anilines is 2. The van der Waals surface area contributed by atoms with Gasteiger partial charge in [-0.05, 0) is 52.8 Å². The van der Waals surface area contributed by atoms with Gasteiger partial charge in [0.1, 0.15) is 0 Å². The molecule has 3 aromatic carbocycles. The van der Waals surface area contributed by atoms with Gasteiger partial charge in [-0.1, -0.05) is 48.5 Å². The van der Waals surface area contributed by atoms with Crippen molar-refractivity contribution in [2.45, 2.75) is 6.92 Å². The van der Waals surface area contributed by atoms with Gasteiger partial charge in [0.15, 0.2) is 5.11 Å². The van der Waals surface area contributed by atoms with E-state index in [1.54, 1.807) is 30.3 Å². The van der Waals surface area contributed by atoms with E-state index in [-0.39, 0.29) is 16.9 Å². The first-order valence-corrected chi connectivity index (χ1v) is 9.07. The van der Waals surface area contributed by atoms with Gasteiger partial charge in [-0.3, -0.25) is 14.9 Å². The monoisotopic (exact) mass is 389 g/mol. The number of hydrogen-bond donors (Lipinski definition) is 3. The predicted octanol–water partition coefficient (Wildman–Crippen LogP) is 4.32. The van der Waals surface area contributed by atoms with E-state index < -0.39 is 0 Å². The number of carbonyl (C=O) groups excluding carboxylic acids is 2. The van der Waals surface area contributed by atoms with E-state index in [0.29, 0.717) is 11.4 Å². The van der Waals surface area contributed by atoms with Gasteiger partial charge in [0.2, 0.25) is 11.8 Å². The molecule has 140 valence electrons. The van der Waals surface area contributed by atoms with Crippen LogP contribution in [0.15, 0.2) is 72.8 Å². The van der Waals surface area contributed by atoms with Crippen LogP contribution in [-0.4, -0.2) is 16.9 Å². The van der Waals surface area contributed by atoms with Crippen molar-refractivity contribution >= 4 is 57.4 Å². The Morgan fingerprint density at radius 1 is 0.893 bits per heavy atom. The first-order valence-electron chi connectivity index (χ1n) is 8.67. The minimum atomic E-state index is -0.330. The van der Waals surface area contributed by atoms with E-state index in [2.05, 4.69) is 16.0 Å². The fourth-order valence-electron chi connectivity index (χ4n) is 2.76. The summed E-state index contributed by atoms with van der Waals surface area (Å²) in [6.45, 7) is 1.44. The molecule has 0 spiro atoms. The van der Waals surface area contributed by atoms with Crippen LogP contribution in [0, 0.1) is 0 Å². The van der Waals surface area contributed by atoms with Gasteiger partial charge in [0.05, 0.1) is 0 Å². The number of nitrogens with one attached hydrogen (secondary N) is 3. The van der Waals surface area contributed by atoms with Gasteiger partial charge in [0.25, 0.3) is 0 Å². The molecule has 0 fully saturated rings. The maximum Gasteiger partial charge on any atom is 0.250 e. The SMILES string of the molecule is CC(=O)Nc1cccc(NC(=S)NC(=O)/C=C/c2cccc3ccccc23)c1. The molecular weight excluding hydrogens is 370 g/mol. The summed E-state index contributed by atoms with van der Waals surface area (Å²) >= 11 is 5.19. The lowest BCUT2D eigenvalue weighted by molar-refractivity contribution is -0.115. The first kappa shape index (κ1) is 19.3. The Morgan fingerprint density at radius 2 is 1.57 bits per heavy atom. The average molecular weight is 389 g/mol. The lowest BCUT2D eigenvalue weighted by Gasteiger charge is -2.10. The Labute approximate surface area is 168 Å². The maximum atomic E-state index is 12.2. The summed E-state index contributed by atoms with van der Waals surface area (Å²) in [6.07, 6.45) is 3.21. The van der Waals surface area contributed by atoms with E-state index in [1.807, 2.05) is 42.5 Å². The molecule has 6 heteroatoms. The summed E-state index contributed by atoms with van der Waals surface area (Å²) in [5, 5.41) is 10.6. The highest BCUT2D eigenvalue weighted by Crippen LogP contribution is 2.19. The summed E-state index contributed by atoms with van der Waals surface area (Å²) in [5.41, 5.74) is 2.26. The second kappa shape index (κ2) is 8.92. The fraction of sp³-hybridized carbons (Fsp3) is 0.0455. The smallest absolute Gasteiger partial charge is 0.250 e. The highest BCUT2D eigenvalue weighted by molar-refractivity contribution is 7.80. The minimum Gasteiger partial charge on any atom is -0.332 e. The molecule has 0 atom stereocenters. The molecule has 0 heterocycles. The zero-order valence-electron chi connectivity index (χ0n) is 15.2. The van der Waals surface area contributed by atoms with Crippen molar-refractivity contribution < 1.29 is 9.59 Å². The van der Waals surface area contributed by atoms with Gasteiger partial charge in [-0.15, -0.1) is 0 Å². The van der Waals surface area contributed by atoms with Gasteiger partial charge < -0.3 is 10.6 Å². The number of carbonyl (C=O) groups is 2. The van der Waals surface area contributed by atoms with Gasteiger partial charge >= 0.3 is 0 Å². The quantitative estimate of drug-likeness (QED) is 0.459. The molecule has 0 unspecified atom stereocenters. The molecule has 0 aliphatic rings. The molecule has 0 saturated carbocycles. The summed E-state index contributed by atoms with van der Waals surface area (Å²) in [4.78, 5) is 23.3. The first-order chi connectivity index (χ1) is 13.5. The molecule has 0 aliphatic heterocycles. The molecular formula is C22H19N3O2S. The van der Waals surface area contributed by atoms with Crippen LogP contribution in [-0.2, 0) is 9.59 Å². The van der Waals surface area contributed by atoms with Crippen LogP contribution in [0.4, 0.5) is 11.4 Å². The van der Waals surface area contributed by atoms with Crippen LogP contribution in [0.25, 0.3) is 16.8 Å². The highest BCUT2D eigenvalue weighted by Gasteiger charge is 2.04. The lowest BCUT2D eigenvalue weighted by Crippen LogP contribution is -2.32. The lowest BCUT2D eigenvalue weighted by atomic mass is 10.0. The second-order valence-corrected chi connectivity index (χ2v) is 6.52. The van der Waals surface area contributed by atoms with E-state index in [4.69, 9.17) is 12.2 Å². The summed E-state index contributed by atoms with van der Waals surface area (Å²) in [5.74, 6) is -0.491. The van der Waals surface area contributed by atoms with Crippen molar-refractivity contribution in [3.8, 4) is 0 Å². The van der Waals surface area contributed by atoms with Gasteiger partial charge in [-0.2, -0.15) is 0 Å². The number of amides is 2. The zero-order chi connectivity index (χ0) is 19.9. The van der Waals surface area contributed by atoms with Crippen LogP contribution in [0.5, 0.6) is 0 Å². The molecule has 0 radical (unpaired) electrons. The van der Waals surface area contributed by atoms with Crippen LogP contribution >= 0.6 is 12.2 Å². The Morgan fingerprint density at radius 3 is 2.36 bits per heavy atom. The van der Waals surface area contributed by atoms with Crippen LogP contribution in [0.2, 0.25) is 0 Å². The van der Waals surface area contributed by atoms with E-state index in [0.717, 1.165) is 16.3 Å². The standard InChI is InChI=1S/C22H19N3O2S/c1-15(26)23-18-9-5-10-19(14-18)24-22(28)25-21(27)13-12-17-8-4-7-16-6-2-3-11-20(16)17/h2-14H,1H3,(H,23,26)(H2,24,25,27,28)/b13-12+. The molecule has 28 heavy (non-hydrogen) atoms. The van der Waals surface area contributed by atoms with E-state index >= 15 is 0 Å². The maximum absolute atomic E-state index is 12.2. The number of rotatable bonds is 4. The molecule has 3 aromatic rings. The Kier molecular flexibility index (Phi) is 6.14. The average Bonchev–Trinajstić information content (AvgIpc) is 2.66. The van der Waals surface area contributed by atoms with Gasteiger partial charge in [0, 0.05) is 24.4 Å². The predicted molar refractivity (Wildman–Crippen MR) is 118 cm³/mol. The van der Waals surface area contributed by atoms with Gasteiger partial charge in [-0.25, -0.2) is 0 Å². The zero-order valence-corrected chi connectivity index (χ0v) is 16.0. The Balaban J connectivity index is 1.62. The second-order valence-electron chi connectivity index (χ2n) is 6.11. The van der Waals surface area contributed by atoms with E-state index in [1.165, 1.54) is 13.0 Å². The number of hydrogen-bond acceptors (Lipinski definition) is 3. The van der Waals surface area contributed by atoms with Crippen molar-refractivity contribution in [3.63, 3.8) is 0 Å². The minimum absolute atomic E-state index is 0.161. The molecule has 3 N–H and O–H groups in total. The molecule has 3 rings (SSSR count). The summed E-state index contributed by atoms with van der Waals surface area (Å²) in [7, 11) is 0. The van der Waals surface area contributed by atoms with Crippen LogP contribution in [0.3, 0.4) is 0 Å². The molecule has 5 nitrogen and oxygen atoms in total. The normalized spacial score (nSPS) is 10.6. The largest absolute Gasteiger partial charge is 0.332 e. The molecule has 0 aliphatic carbocycles. The number of fused-ring (bicyclic) bond motifs is 1. The number of benzene rings is 3. The van der Waals surface area contributed by atoms with Crippen molar-refractivity contribution in [1.82, 2.24) is 5.32 Å².